The van der Waals surface area contributed by atoms with Gasteiger partial charge in [-0.15, -0.1) is 11.3 Å². The average molecular weight is 282 g/mol. The van der Waals surface area contributed by atoms with Crippen LogP contribution in [0.3, 0.4) is 0 Å². The molecule has 0 aliphatic carbocycles. The van der Waals surface area contributed by atoms with Crippen molar-refractivity contribution in [1.82, 2.24) is 15.2 Å². The van der Waals surface area contributed by atoms with E-state index in [1.807, 2.05) is 12.3 Å². The first kappa shape index (κ1) is 13.8. The minimum atomic E-state index is -0.259. The minimum Gasteiger partial charge on any atom is -0.344 e. The molecule has 0 spiro atoms. The zero-order chi connectivity index (χ0) is 13.8. The maximum Gasteiger partial charge on any atom is 0.321 e. The molecule has 2 N–H and O–H groups in total. The number of amides is 3. The van der Waals surface area contributed by atoms with Crippen molar-refractivity contribution >= 4 is 28.4 Å². The van der Waals surface area contributed by atoms with Crippen molar-refractivity contribution < 1.29 is 9.59 Å². The van der Waals surface area contributed by atoms with E-state index in [0.29, 0.717) is 24.5 Å². The van der Waals surface area contributed by atoms with Gasteiger partial charge in [0, 0.05) is 31.4 Å². The molecule has 2 heterocycles. The van der Waals surface area contributed by atoms with Gasteiger partial charge in [0.1, 0.15) is 0 Å². The number of likely N-dealkylation sites (tertiary alicyclic amines) is 1. The lowest BCUT2D eigenvalue weighted by Gasteiger charge is -2.29. The highest BCUT2D eigenvalue weighted by Crippen LogP contribution is 2.16. The summed E-state index contributed by atoms with van der Waals surface area (Å²) in [4.78, 5) is 29.1. The second-order valence-electron chi connectivity index (χ2n) is 4.61. The summed E-state index contributed by atoms with van der Waals surface area (Å²) in [6.45, 7) is 2.58. The molecule has 1 unspecified atom stereocenters. The lowest BCUT2D eigenvalue weighted by Crippen LogP contribution is -2.49. The van der Waals surface area contributed by atoms with Gasteiger partial charge in [-0.3, -0.25) is 10.1 Å². The Bertz CT molecular complexity index is 474. The zero-order valence-corrected chi connectivity index (χ0v) is 11.9. The number of nitrogens with zero attached hydrogens (tertiary/aromatic N) is 2. The molecule has 3 amide bonds. The third-order valence-corrected chi connectivity index (χ3v) is 3.90. The van der Waals surface area contributed by atoms with E-state index in [4.69, 9.17) is 0 Å². The summed E-state index contributed by atoms with van der Waals surface area (Å²) in [5, 5.41) is 8.13. The molecule has 19 heavy (non-hydrogen) atoms. The van der Waals surface area contributed by atoms with E-state index >= 15 is 0 Å². The molecule has 0 bridgehead atoms. The lowest BCUT2D eigenvalue weighted by molar-refractivity contribution is -0.132. The zero-order valence-electron chi connectivity index (χ0n) is 11.1. The number of hydrogen-bond donors (Lipinski definition) is 2. The Morgan fingerprint density at radius 2 is 2.42 bits per heavy atom. The number of carbonyl (C=O) groups excluding carboxylic acids is 2. The number of hydrogen-bond acceptors (Lipinski definition) is 4. The van der Waals surface area contributed by atoms with Crippen LogP contribution in [0.4, 0.5) is 9.93 Å². The van der Waals surface area contributed by atoms with Crippen molar-refractivity contribution in [3.8, 4) is 0 Å². The Labute approximate surface area is 116 Å². The molecule has 0 saturated carbocycles. The number of aromatic nitrogens is 1. The Hall–Kier alpha value is -1.63. The molecular weight excluding hydrogens is 264 g/mol. The van der Waals surface area contributed by atoms with Gasteiger partial charge < -0.3 is 10.2 Å². The summed E-state index contributed by atoms with van der Waals surface area (Å²) in [5.41, 5.74) is 0.975. The van der Waals surface area contributed by atoms with Crippen LogP contribution < -0.4 is 10.6 Å². The molecule has 1 aliphatic heterocycles. The fraction of sp³-hybridized carbons (Fsp3) is 0.583. The quantitative estimate of drug-likeness (QED) is 0.881. The predicted molar refractivity (Wildman–Crippen MR) is 74.3 cm³/mol. The molecule has 0 radical (unpaired) electrons. The monoisotopic (exact) mass is 282 g/mol. The number of rotatable bonds is 3. The van der Waals surface area contributed by atoms with Crippen LogP contribution in [-0.4, -0.2) is 41.5 Å². The molecule has 1 aromatic rings. The Morgan fingerprint density at radius 1 is 1.63 bits per heavy atom. The van der Waals surface area contributed by atoms with E-state index in [9.17, 15) is 9.59 Å². The van der Waals surface area contributed by atoms with Gasteiger partial charge in [-0.1, -0.05) is 6.92 Å². The van der Waals surface area contributed by atoms with Crippen molar-refractivity contribution in [2.24, 2.45) is 0 Å². The maximum atomic E-state index is 11.8. The molecule has 0 aromatic carbocycles. The third-order valence-electron chi connectivity index (χ3n) is 3.10. The average Bonchev–Trinajstić information content (AvgIpc) is 2.81. The predicted octanol–water partition coefficient (Wildman–Crippen LogP) is 1.45. The molecule has 1 fully saturated rings. The normalized spacial score (nSPS) is 19.4. The Kier molecular flexibility index (Phi) is 4.36. The number of likely N-dealkylation sites (N-methyl/N-ethyl adjacent to an activating group) is 1. The molecule has 1 atom stereocenters. The van der Waals surface area contributed by atoms with Crippen LogP contribution in [0.5, 0.6) is 0 Å². The number of thiazole rings is 1. The van der Waals surface area contributed by atoms with Crippen molar-refractivity contribution in [3.05, 3.63) is 11.1 Å². The van der Waals surface area contributed by atoms with Gasteiger partial charge in [-0.2, -0.15) is 0 Å². The van der Waals surface area contributed by atoms with E-state index in [-0.39, 0.29) is 18.0 Å². The Morgan fingerprint density at radius 3 is 3.05 bits per heavy atom. The number of nitrogens with one attached hydrogen (secondary N) is 2. The van der Waals surface area contributed by atoms with Gasteiger partial charge in [-0.05, 0) is 12.8 Å². The summed E-state index contributed by atoms with van der Waals surface area (Å²) in [5.74, 6) is 0.131. The van der Waals surface area contributed by atoms with Crippen LogP contribution in [0.15, 0.2) is 5.38 Å². The smallest absolute Gasteiger partial charge is 0.321 e. The second-order valence-corrected chi connectivity index (χ2v) is 5.46. The van der Waals surface area contributed by atoms with E-state index in [1.165, 1.54) is 11.3 Å². The highest BCUT2D eigenvalue weighted by molar-refractivity contribution is 7.13. The van der Waals surface area contributed by atoms with Gasteiger partial charge in [0.2, 0.25) is 5.91 Å². The van der Waals surface area contributed by atoms with Gasteiger partial charge in [-0.25, -0.2) is 9.78 Å². The van der Waals surface area contributed by atoms with Crippen molar-refractivity contribution in [2.45, 2.75) is 32.2 Å². The summed E-state index contributed by atoms with van der Waals surface area (Å²) >= 11 is 1.42. The van der Waals surface area contributed by atoms with Gasteiger partial charge in [0.25, 0.3) is 0 Å². The van der Waals surface area contributed by atoms with Crippen LogP contribution in [0.1, 0.15) is 25.5 Å². The van der Waals surface area contributed by atoms with Crippen molar-refractivity contribution in [1.29, 1.82) is 0 Å². The summed E-state index contributed by atoms with van der Waals surface area (Å²) in [6, 6.07) is -0.252. The Balaban J connectivity index is 1.82. The summed E-state index contributed by atoms with van der Waals surface area (Å²) < 4.78 is 0. The molecule has 6 nitrogen and oxygen atoms in total. The molecule has 2 rings (SSSR count). The highest BCUT2D eigenvalue weighted by atomic mass is 32.1. The largest absolute Gasteiger partial charge is 0.344 e. The van der Waals surface area contributed by atoms with E-state index in [0.717, 1.165) is 12.1 Å². The number of aryl methyl sites for hydroxylation is 1. The van der Waals surface area contributed by atoms with Gasteiger partial charge >= 0.3 is 6.03 Å². The topological polar surface area (TPSA) is 74.3 Å². The molecule has 7 heteroatoms. The van der Waals surface area contributed by atoms with Crippen LogP contribution in [0, 0.1) is 0 Å². The number of piperidine rings is 1. The fourth-order valence-corrected chi connectivity index (χ4v) is 2.76. The second kappa shape index (κ2) is 6.01. The number of anilines is 1. The first-order chi connectivity index (χ1) is 9.08. The highest BCUT2D eigenvalue weighted by Gasteiger charge is 2.24. The van der Waals surface area contributed by atoms with Gasteiger partial charge in [0.15, 0.2) is 5.13 Å². The first-order valence-corrected chi connectivity index (χ1v) is 7.22. The number of carbonyl (C=O) groups is 2. The van der Waals surface area contributed by atoms with Gasteiger partial charge in [0.05, 0.1) is 5.69 Å². The molecule has 1 aromatic heterocycles. The molecule has 104 valence electrons. The van der Waals surface area contributed by atoms with Crippen LogP contribution in [0.2, 0.25) is 0 Å². The SMILES string of the molecule is CCc1csc(NC(=O)NC2CCC(=O)N(C)C2)n1. The van der Waals surface area contributed by atoms with E-state index in [2.05, 4.69) is 15.6 Å². The van der Waals surface area contributed by atoms with Crippen LogP contribution in [-0.2, 0) is 11.2 Å². The van der Waals surface area contributed by atoms with Crippen molar-refractivity contribution in [3.63, 3.8) is 0 Å². The van der Waals surface area contributed by atoms with E-state index in [1.54, 1.807) is 11.9 Å². The maximum absolute atomic E-state index is 11.8. The first-order valence-electron chi connectivity index (χ1n) is 6.34. The third kappa shape index (κ3) is 3.66. The molecule has 1 saturated heterocycles. The lowest BCUT2D eigenvalue weighted by atomic mass is 10.1. The fourth-order valence-electron chi connectivity index (χ4n) is 1.98. The number of urea groups is 1. The van der Waals surface area contributed by atoms with E-state index < -0.39 is 0 Å². The molecular formula is C12H18N4O2S. The van der Waals surface area contributed by atoms with Crippen molar-refractivity contribution in [2.75, 3.05) is 18.9 Å². The summed E-state index contributed by atoms with van der Waals surface area (Å²) in [7, 11) is 1.75. The molecule has 1 aliphatic rings. The standard InChI is InChI=1S/C12H18N4O2S/c1-3-8-7-19-12(14-8)15-11(18)13-9-4-5-10(17)16(2)6-9/h7,9H,3-6H2,1-2H3,(H2,13,14,15,18). The van der Waals surface area contributed by atoms with Crippen LogP contribution >= 0.6 is 11.3 Å². The summed E-state index contributed by atoms with van der Waals surface area (Å²) in [6.07, 6.45) is 2.03. The minimum absolute atomic E-state index is 0.00769. The van der Waals surface area contributed by atoms with Crippen LogP contribution in [0.25, 0.3) is 0 Å².